The summed E-state index contributed by atoms with van der Waals surface area (Å²) in [7, 11) is 1.31. The van der Waals surface area contributed by atoms with Crippen LogP contribution in [-0.4, -0.2) is 29.1 Å². The Morgan fingerprint density at radius 2 is 1.95 bits per heavy atom. The van der Waals surface area contributed by atoms with Gasteiger partial charge < -0.3 is 14.6 Å². The summed E-state index contributed by atoms with van der Waals surface area (Å²) in [6, 6.07) is 8.00. The quantitative estimate of drug-likeness (QED) is 0.862. The van der Waals surface area contributed by atoms with Crippen LogP contribution in [0.1, 0.15) is 26.3 Å². The molecule has 0 radical (unpaired) electrons. The van der Waals surface area contributed by atoms with E-state index in [2.05, 4.69) is 16.8 Å². The fraction of sp³-hybridized carbons (Fsp3) is 0.412. The van der Waals surface area contributed by atoms with Gasteiger partial charge in [0, 0.05) is 23.6 Å². The number of nitrogens with one attached hydrogen (secondary N) is 1. The van der Waals surface area contributed by atoms with Crippen molar-refractivity contribution in [3.63, 3.8) is 0 Å². The van der Waals surface area contributed by atoms with E-state index < -0.39 is 11.5 Å². The van der Waals surface area contributed by atoms with Gasteiger partial charge in [0.2, 0.25) is 5.91 Å². The van der Waals surface area contributed by atoms with Gasteiger partial charge in [0.15, 0.2) is 0 Å². The monoisotopic (exact) mass is 302 g/mol. The molecule has 1 N–H and O–H groups in total. The molecule has 1 aromatic carbocycles. The molecule has 2 aromatic rings. The molecule has 0 saturated carbocycles. The van der Waals surface area contributed by atoms with Crippen LogP contribution < -0.4 is 5.32 Å². The van der Waals surface area contributed by atoms with Crippen molar-refractivity contribution in [3.05, 3.63) is 36.0 Å². The lowest BCUT2D eigenvalue weighted by Crippen LogP contribution is -2.50. The summed E-state index contributed by atoms with van der Waals surface area (Å²) in [4.78, 5) is 23.9. The number of aryl methyl sites for hydroxylation is 1. The number of benzene rings is 1. The van der Waals surface area contributed by atoms with Crippen molar-refractivity contribution in [3.8, 4) is 0 Å². The fourth-order valence-corrected chi connectivity index (χ4v) is 2.60. The van der Waals surface area contributed by atoms with Crippen molar-refractivity contribution in [2.24, 2.45) is 0 Å². The number of nitrogens with zero attached hydrogens (tertiary/aromatic N) is 1. The second kappa shape index (κ2) is 6.22. The van der Waals surface area contributed by atoms with E-state index >= 15 is 0 Å². The minimum absolute atomic E-state index is 0.200. The summed E-state index contributed by atoms with van der Waals surface area (Å²) in [6.07, 6.45) is 2.23. The Bertz CT molecular complexity index is 701. The van der Waals surface area contributed by atoms with E-state index in [0.29, 0.717) is 0 Å². The molecule has 0 aliphatic heterocycles. The van der Waals surface area contributed by atoms with Crippen molar-refractivity contribution in [2.75, 3.05) is 7.11 Å². The molecule has 118 valence electrons. The number of amides is 1. The van der Waals surface area contributed by atoms with E-state index in [1.54, 1.807) is 13.8 Å². The number of rotatable bonds is 5. The Kier molecular flexibility index (Phi) is 4.54. The van der Waals surface area contributed by atoms with Gasteiger partial charge in [-0.3, -0.25) is 4.79 Å². The van der Waals surface area contributed by atoms with E-state index in [1.807, 2.05) is 30.5 Å². The Balaban J connectivity index is 2.21. The number of aromatic nitrogens is 1. The van der Waals surface area contributed by atoms with Crippen molar-refractivity contribution in [2.45, 2.75) is 39.3 Å². The van der Waals surface area contributed by atoms with Gasteiger partial charge in [0.25, 0.3) is 0 Å². The number of ether oxygens (including phenoxy) is 1. The zero-order valence-corrected chi connectivity index (χ0v) is 13.5. The highest BCUT2D eigenvalue weighted by Crippen LogP contribution is 2.22. The van der Waals surface area contributed by atoms with Crippen molar-refractivity contribution >= 4 is 22.8 Å². The predicted molar refractivity (Wildman–Crippen MR) is 85.6 cm³/mol. The molecule has 1 amide bonds. The van der Waals surface area contributed by atoms with Crippen LogP contribution in [0.3, 0.4) is 0 Å². The van der Waals surface area contributed by atoms with Gasteiger partial charge in [-0.15, -0.1) is 0 Å². The second-order valence-electron chi connectivity index (χ2n) is 5.80. The molecular weight excluding hydrogens is 280 g/mol. The number of methoxy groups -OCH3 is 1. The second-order valence-corrected chi connectivity index (χ2v) is 5.80. The lowest BCUT2D eigenvalue weighted by atomic mass is 10.0. The maximum absolute atomic E-state index is 12.3. The topological polar surface area (TPSA) is 60.3 Å². The Hall–Kier alpha value is -2.30. The highest BCUT2D eigenvalue weighted by Gasteiger charge is 2.30. The Morgan fingerprint density at radius 3 is 2.59 bits per heavy atom. The van der Waals surface area contributed by atoms with E-state index in [4.69, 9.17) is 4.74 Å². The van der Waals surface area contributed by atoms with Gasteiger partial charge in [0.05, 0.1) is 13.5 Å². The molecule has 0 aliphatic carbocycles. The normalized spacial score (nSPS) is 11.5. The molecule has 0 bridgehead atoms. The van der Waals surface area contributed by atoms with Gasteiger partial charge in [0.1, 0.15) is 5.54 Å². The van der Waals surface area contributed by atoms with Gasteiger partial charge in [-0.2, -0.15) is 0 Å². The number of fused-ring (bicyclic) bond motifs is 1. The largest absolute Gasteiger partial charge is 0.467 e. The van der Waals surface area contributed by atoms with Crippen LogP contribution >= 0.6 is 0 Å². The van der Waals surface area contributed by atoms with Crippen LogP contribution in [0.2, 0.25) is 0 Å². The van der Waals surface area contributed by atoms with E-state index in [-0.39, 0.29) is 12.3 Å². The van der Waals surface area contributed by atoms with Crippen LogP contribution in [0, 0.1) is 0 Å². The molecule has 2 rings (SSSR count). The molecule has 0 spiro atoms. The molecule has 22 heavy (non-hydrogen) atoms. The van der Waals surface area contributed by atoms with Gasteiger partial charge in [-0.05, 0) is 32.4 Å². The van der Waals surface area contributed by atoms with Crippen molar-refractivity contribution in [1.29, 1.82) is 0 Å². The first-order valence-electron chi connectivity index (χ1n) is 7.35. The van der Waals surface area contributed by atoms with Crippen LogP contribution in [-0.2, 0) is 27.3 Å². The lowest BCUT2D eigenvalue weighted by Gasteiger charge is -2.22. The summed E-state index contributed by atoms with van der Waals surface area (Å²) in [6.45, 7) is 6.17. The minimum atomic E-state index is -1.03. The zero-order valence-electron chi connectivity index (χ0n) is 13.5. The van der Waals surface area contributed by atoms with Crippen molar-refractivity contribution in [1.82, 2.24) is 9.88 Å². The summed E-state index contributed by atoms with van der Waals surface area (Å²) < 4.78 is 6.81. The third kappa shape index (κ3) is 3.13. The van der Waals surface area contributed by atoms with Gasteiger partial charge in [-0.25, -0.2) is 4.79 Å². The van der Waals surface area contributed by atoms with E-state index in [1.165, 1.54) is 7.11 Å². The minimum Gasteiger partial charge on any atom is -0.467 e. The van der Waals surface area contributed by atoms with Crippen LogP contribution in [0.4, 0.5) is 0 Å². The molecular formula is C17H22N2O3. The molecule has 5 nitrogen and oxygen atoms in total. The maximum Gasteiger partial charge on any atom is 0.330 e. The highest BCUT2D eigenvalue weighted by atomic mass is 16.5. The standard InChI is InChI=1S/C17H22N2O3/c1-5-19-11-12(13-8-6-7-9-14(13)19)10-15(20)18-17(2,3)16(21)22-4/h6-9,11H,5,10H2,1-4H3,(H,18,20). The average molecular weight is 302 g/mol. The average Bonchev–Trinajstić information content (AvgIpc) is 2.84. The summed E-state index contributed by atoms with van der Waals surface area (Å²) in [5.74, 6) is -0.661. The van der Waals surface area contributed by atoms with Gasteiger partial charge in [-0.1, -0.05) is 18.2 Å². The molecule has 0 saturated heterocycles. The summed E-state index contributed by atoms with van der Waals surface area (Å²) in [5.41, 5.74) is 1.03. The zero-order chi connectivity index (χ0) is 16.3. The molecule has 0 atom stereocenters. The third-order valence-electron chi connectivity index (χ3n) is 3.71. The molecule has 1 heterocycles. The first kappa shape index (κ1) is 16.1. The SMILES string of the molecule is CCn1cc(CC(=O)NC(C)(C)C(=O)OC)c2ccccc21. The maximum atomic E-state index is 12.3. The van der Waals surface area contributed by atoms with Crippen molar-refractivity contribution < 1.29 is 14.3 Å². The molecule has 1 aromatic heterocycles. The van der Waals surface area contributed by atoms with E-state index in [0.717, 1.165) is 23.0 Å². The third-order valence-corrected chi connectivity index (χ3v) is 3.71. The van der Waals surface area contributed by atoms with Crippen LogP contribution in [0.25, 0.3) is 10.9 Å². The smallest absolute Gasteiger partial charge is 0.330 e. The summed E-state index contributed by atoms with van der Waals surface area (Å²) >= 11 is 0. The first-order chi connectivity index (χ1) is 10.4. The number of carbonyl (C=O) groups excluding carboxylic acids is 2. The lowest BCUT2D eigenvalue weighted by molar-refractivity contribution is -0.149. The number of esters is 1. The predicted octanol–water partition coefficient (Wildman–Crippen LogP) is 2.27. The number of para-hydroxylation sites is 1. The van der Waals surface area contributed by atoms with Crippen LogP contribution in [0.5, 0.6) is 0 Å². The molecule has 0 aliphatic rings. The van der Waals surface area contributed by atoms with Crippen LogP contribution in [0.15, 0.2) is 30.5 Å². The fourth-order valence-electron chi connectivity index (χ4n) is 2.60. The van der Waals surface area contributed by atoms with E-state index in [9.17, 15) is 9.59 Å². The molecule has 0 fully saturated rings. The first-order valence-corrected chi connectivity index (χ1v) is 7.35. The van der Waals surface area contributed by atoms with Gasteiger partial charge >= 0.3 is 5.97 Å². The Morgan fingerprint density at radius 1 is 1.27 bits per heavy atom. The summed E-state index contributed by atoms with van der Waals surface area (Å²) in [5, 5.41) is 3.79. The number of carbonyl (C=O) groups is 2. The number of hydrogen-bond donors (Lipinski definition) is 1. The molecule has 5 heteroatoms. The molecule has 0 unspecified atom stereocenters. The Labute approximate surface area is 130 Å². The number of hydrogen-bond acceptors (Lipinski definition) is 3. The highest BCUT2D eigenvalue weighted by molar-refractivity contribution is 5.92.